The van der Waals surface area contributed by atoms with Gasteiger partial charge in [-0.05, 0) is 24.6 Å². The molecule has 1 atom stereocenters. The van der Waals surface area contributed by atoms with Crippen molar-refractivity contribution in [2.45, 2.75) is 12.5 Å². The van der Waals surface area contributed by atoms with Crippen LogP contribution >= 0.6 is 11.3 Å². The average Bonchev–Trinajstić information content (AvgIpc) is 3.11. The number of nitrogens with zero attached hydrogens (tertiary/aromatic N) is 2. The molecule has 1 fully saturated rings. The fourth-order valence-corrected chi connectivity index (χ4v) is 3.43. The van der Waals surface area contributed by atoms with Gasteiger partial charge in [-0.3, -0.25) is 0 Å². The lowest BCUT2D eigenvalue weighted by atomic mass is 10.2. The molecule has 1 aromatic carbocycles. The van der Waals surface area contributed by atoms with Crippen molar-refractivity contribution in [3.05, 3.63) is 23.8 Å². The van der Waals surface area contributed by atoms with Gasteiger partial charge in [0, 0.05) is 20.2 Å². The number of esters is 1. The van der Waals surface area contributed by atoms with E-state index in [2.05, 4.69) is 9.88 Å². The molecule has 3 rings (SSSR count). The van der Waals surface area contributed by atoms with E-state index < -0.39 is 0 Å². The van der Waals surface area contributed by atoms with E-state index in [1.54, 1.807) is 24.5 Å². The second-order valence-electron chi connectivity index (χ2n) is 4.76. The van der Waals surface area contributed by atoms with E-state index in [1.165, 1.54) is 7.11 Å². The summed E-state index contributed by atoms with van der Waals surface area (Å²) in [6.45, 7) is 1.84. The van der Waals surface area contributed by atoms with Crippen LogP contribution in [-0.2, 0) is 9.47 Å². The molecule has 5 nitrogen and oxygen atoms in total. The Morgan fingerprint density at radius 1 is 1.45 bits per heavy atom. The summed E-state index contributed by atoms with van der Waals surface area (Å²) in [6, 6.07) is 5.46. The van der Waals surface area contributed by atoms with E-state index in [0.29, 0.717) is 5.56 Å². The second-order valence-corrected chi connectivity index (χ2v) is 5.77. The van der Waals surface area contributed by atoms with Crippen LogP contribution in [0, 0.1) is 0 Å². The third-order valence-electron chi connectivity index (χ3n) is 3.55. The van der Waals surface area contributed by atoms with E-state index in [0.717, 1.165) is 34.9 Å². The zero-order valence-corrected chi connectivity index (χ0v) is 12.3. The van der Waals surface area contributed by atoms with E-state index in [9.17, 15) is 4.79 Å². The highest BCUT2D eigenvalue weighted by atomic mass is 32.1. The van der Waals surface area contributed by atoms with Gasteiger partial charge in [0.2, 0.25) is 0 Å². The number of fused-ring (bicyclic) bond motifs is 1. The first-order valence-corrected chi connectivity index (χ1v) is 7.29. The van der Waals surface area contributed by atoms with Crippen molar-refractivity contribution in [1.29, 1.82) is 0 Å². The minimum absolute atomic E-state index is 0.285. The predicted molar refractivity (Wildman–Crippen MR) is 78.6 cm³/mol. The van der Waals surface area contributed by atoms with E-state index in [1.807, 2.05) is 12.1 Å². The summed E-state index contributed by atoms with van der Waals surface area (Å²) in [5.74, 6) is -0.317. The molecule has 0 amide bonds. The summed E-state index contributed by atoms with van der Waals surface area (Å²) in [5, 5.41) is 0.988. The molecule has 6 heteroatoms. The number of anilines is 1. The maximum Gasteiger partial charge on any atom is 0.337 e. The van der Waals surface area contributed by atoms with Crippen LogP contribution in [0.3, 0.4) is 0 Å². The van der Waals surface area contributed by atoms with Gasteiger partial charge in [0.1, 0.15) is 0 Å². The summed E-state index contributed by atoms with van der Waals surface area (Å²) in [7, 11) is 3.13. The molecule has 106 valence electrons. The van der Waals surface area contributed by atoms with Gasteiger partial charge in [0.05, 0.1) is 29.0 Å². The smallest absolute Gasteiger partial charge is 0.337 e. The Morgan fingerprint density at radius 2 is 2.30 bits per heavy atom. The first kappa shape index (κ1) is 13.3. The Hall–Kier alpha value is -1.66. The van der Waals surface area contributed by atoms with Crippen LogP contribution in [-0.4, -0.2) is 44.4 Å². The molecule has 0 saturated carbocycles. The largest absolute Gasteiger partial charge is 0.465 e. The molecular weight excluding hydrogens is 276 g/mol. The lowest BCUT2D eigenvalue weighted by molar-refractivity contribution is 0.0601. The first-order chi connectivity index (χ1) is 9.71. The summed E-state index contributed by atoms with van der Waals surface area (Å²) in [4.78, 5) is 18.4. The standard InChI is InChI=1S/C14H16N2O3S/c1-18-10-5-6-16(8-10)14-15-11-4-3-9(13(17)19-2)7-12(11)20-14/h3-4,7,10H,5-6,8H2,1-2H3/t10-/m0/s1. The van der Waals surface area contributed by atoms with Crippen LogP contribution in [0.5, 0.6) is 0 Å². The molecular formula is C14H16N2O3S. The molecule has 1 aliphatic rings. The maximum atomic E-state index is 11.5. The van der Waals surface area contributed by atoms with Gasteiger partial charge in [-0.1, -0.05) is 11.3 Å². The molecule has 0 unspecified atom stereocenters. The Bertz CT molecular complexity index is 640. The summed E-state index contributed by atoms with van der Waals surface area (Å²) < 4.78 is 11.1. The highest BCUT2D eigenvalue weighted by Crippen LogP contribution is 2.31. The number of carbonyl (C=O) groups excluding carboxylic acids is 1. The van der Waals surface area contributed by atoms with Gasteiger partial charge >= 0.3 is 5.97 Å². The second kappa shape index (κ2) is 5.38. The third-order valence-corrected chi connectivity index (χ3v) is 4.63. The lowest BCUT2D eigenvalue weighted by Gasteiger charge is -2.13. The maximum absolute atomic E-state index is 11.5. The van der Waals surface area contributed by atoms with Crippen molar-refractivity contribution in [2.24, 2.45) is 0 Å². The van der Waals surface area contributed by atoms with E-state index in [4.69, 9.17) is 9.47 Å². The van der Waals surface area contributed by atoms with E-state index in [-0.39, 0.29) is 12.1 Å². The number of thiazole rings is 1. The van der Waals surface area contributed by atoms with Crippen molar-refractivity contribution in [3.8, 4) is 0 Å². The van der Waals surface area contributed by atoms with Crippen LogP contribution in [0.25, 0.3) is 10.2 Å². The van der Waals surface area contributed by atoms with Gasteiger partial charge in [-0.2, -0.15) is 0 Å². The quantitative estimate of drug-likeness (QED) is 0.813. The molecule has 0 aliphatic carbocycles. The molecule has 0 spiro atoms. The zero-order valence-electron chi connectivity index (χ0n) is 11.5. The van der Waals surface area contributed by atoms with Crippen molar-refractivity contribution in [2.75, 3.05) is 32.2 Å². The summed E-state index contributed by atoms with van der Waals surface area (Å²) in [5.41, 5.74) is 1.48. The molecule has 0 radical (unpaired) electrons. The van der Waals surface area contributed by atoms with Crippen molar-refractivity contribution < 1.29 is 14.3 Å². The van der Waals surface area contributed by atoms with Crippen LogP contribution < -0.4 is 4.90 Å². The number of ether oxygens (including phenoxy) is 2. The minimum atomic E-state index is -0.317. The fourth-order valence-electron chi connectivity index (χ4n) is 2.39. The van der Waals surface area contributed by atoms with Crippen molar-refractivity contribution >= 4 is 32.7 Å². The van der Waals surface area contributed by atoms with Gasteiger partial charge in [0.15, 0.2) is 5.13 Å². The highest BCUT2D eigenvalue weighted by molar-refractivity contribution is 7.22. The highest BCUT2D eigenvalue weighted by Gasteiger charge is 2.24. The Balaban J connectivity index is 1.89. The van der Waals surface area contributed by atoms with Gasteiger partial charge in [-0.25, -0.2) is 9.78 Å². The molecule has 2 aromatic rings. The Kier molecular flexibility index (Phi) is 3.58. The number of aromatic nitrogens is 1. The van der Waals surface area contributed by atoms with Crippen molar-refractivity contribution in [3.63, 3.8) is 0 Å². The van der Waals surface area contributed by atoms with Crippen molar-refractivity contribution in [1.82, 2.24) is 4.98 Å². The first-order valence-electron chi connectivity index (χ1n) is 6.48. The van der Waals surface area contributed by atoms with Gasteiger partial charge < -0.3 is 14.4 Å². The zero-order chi connectivity index (χ0) is 14.1. The summed E-state index contributed by atoms with van der Waals surface area (Å²) in [6.07, 6.45) is 1.31. The molecule has 0 N–H and O–H groups in total. The fraction of sp³-hybridized carbons (Fsp3) is 0.429. The molecule has 2 heterocycles. The third kappa shape index (κ3) is 2.36. The number of hydrogen-bond donors (Lipinski definition) is 0. The van der Waals surface area contributed by atoms with Crippen LogP contribution in [0.15, 0.2) is 18.2 Å². The van der Waals surface area contributed by atoms with Gasteiger partial charge in [0.25, 0.3) is 0 Å². The Morgan fingerprint density at radius 3 is 3.00 bits per heavy atom. The summed E-state index contributed by atoms with van der Waals surface area (Å²) >= 11 is 1.60. The molecule has 1 saturated heterocycles. The topological polar surface area (TPSA) is 51.7 Å². The number of rotatable bonds is 3. The van der Waals surface area contributed by atoms with Crippen LogP contribution in [0.1, 0.15) is 16.8 Å². The van der Waals surface area contributed by atoms with E-state index >= 15 is 0 Å². The molecule has 0 bridgehead atoms. The minimum Gasteiger partial charge on any atom is -0.465 e. The van der Waals surface area contributed by atoms with Crippen LogP contribution in [0.2, 0.25) is 0 Å². The van der Waals surface area contributed by atoms with Gasteiger partial charge in [-0.15, -0.1) is 0 Å². The predicted octanol–water partition coefficient (Wildman–Crippen LogP) is 2.31. The number of benzene rings is 1. The number of carbonyl (C=O) groups is 1. The molecule has 20 heavy (non-hydrogen) atoms. The average molecular weight is 292 g/mol. The van der Waals surface area contributed by atoms with Crippen LogP contribution in [0.4, 0.5) is 5.13 Å². The number of hydrogen-bond acceptors (Lipinski definition) is 6. The Labute approximate surface area is 121 Å². The molecule has 1 aliphatic heterocycles. The number of methoxy groups -OCH3 is 2. The molecule has 1 aromatic heterocycles. The SMILES string of the molecule is COC(=O)c1ccc2nc(N3CC[C@H](OC)C3)sc2c1. The normalized spacial score (nSPS) is 18.7. The monoisotopic (exact) mass is 292 g/mol. The lowest BCUT2D eigenvalue weighted by Crippen LogP contribution is -2.21.